The topological polar surface area (TPSA) is 65.6 Å². The van der Waals surface area contributed by atoms with E-state index in [0.29, 0.717) is 5.78 Å². The lowest BCUT2D eigenvalue weighted by Gasteiger charge is -2.64. The van der Waals surface area contributed by atoms with Gasteiger partial charge in [0, 0.05) is 37.8 Å². The van der Waals surface area contributed by atoms with E-state index < -0.39 is 0 Å². The average Bonchev–Trinajstić information content (AvgIpc) is 2.58. The van der Waals surface area contributed by atoms with Crippen molar-refractivity contribution >= 4 is 16.7 Å². The number of Topliss-reactive ketones (excluding diaryl/α,β-unsaturated/α-hetero) is 1. The molecule has 136 valence electrons. The van der Waals surface area contributed by atoms with Gasteiger partial charge in [-0.05, 0) is 23.6 Å². The number of ketones is 1. The number of hydrogen-bond donors (Lipinski definition) is 1. The zero-order chi connectivity index (χ0) is 18.3. The minimum Gasteiger partial charge on any atom is -0.497 e. The van der Waals surface area contributed by atoms with Crippen molar-refractivity contribution in [1.82, 2.24) is 14.8 Å². The molecule has 6 rings (SSSR count). The number of H-pyrrole nitrogens is 1. The summed E-state index contributed by atoms with van der Waals surface area (Å²) >= 11 is 0. The van der Waals surface area contributed by atoms with Crippen molar-refractivity contribution in [2.75, 3.05) is 33.3 Å². The van der Waals surface area contributed by atoms with E-state index in [1.807, 2.05) is 24.3 Å². The van der Waals surface area contributed by atoms with Crippen LogP contribution in [-0.4, -0.2) is 53.9 Å². The van der Waals surface area contributed by atoms with Gasteiger partial charge >= 0.3 is 0 Å². The smallest absolute Gasteiger partial charge is 0.254 e. The van der Waals surface area contributed by atoms with Gasteiger partial charge in [-0.15, -0.1) is 0 Å². The minimum absolute atomic E-state index is 0.0560. The first-order valence-electron chi connectivity index (χ1n) is 9.07. The second-order valence-corrected chi connectivity index (χ2v) is 8.64. The number of hydrogen-bond acceptors (Lipinski definition) is 5. The molecule has 1 N–H and O–H groups in total. The maximum Gasteiger partial charge on any atom is 0.254 e. The Morgan fingerprint density at radius 3 is 2.23 bits per heavy atom. The predicted octanol–water partition coefficient (Wildman–Crippen LogP) is 1.76. The van der Waals surface area contributed by atoms with Crippen LogP contribution >= 0.6 is 0 Å². The normalized spacial score (nSPS) is 38.1. The van der Waals surface area contributed by atoms with E-state index in [4.69, 9.17) is 4.74 Å². The summed E-state index contributed by atoms with van der Waals surface area (Å²) in [7, 11) is 1.62. The van der Waals surface area contributed by atoms with E-state index in [2.05, 4.69) is 28.6 Å². The van der Waals surface area contributed by atoms with Crippen molar-refractivity contribution in [1.29, 1.82) is 0 Å². The zero-order valence-corrected chi connectivity index (χ0v) is 15.3. The highest BCUT2D eigenvalue weighted by Crippen LogP contribution is 2.51. The van der Waals surface area contributed by atoms with Gasteiger partial charge < -0.3 is 9.72 Å². The fourth-order valence-electron chi connectivity index (χ4n) is 5.51. The van der Waals surface area contributed by atoms with Crippen LogP contribution in [-0.2, 0) is 4.79 Å². The van der Waals surface area contributed by atoms with Crippen molar-refractivity contribution in [2.45, 2.75) is 20.0 Å². The zero-order valence-electron chi connectivity index (χ0n) is 15.3. The number of fused-ring (bicyclic) bond motifs is 1. The van der Waals surface area contributed by atoms with Gasteiger partial charge in [-0.3, -0.25) is 19.4 Å². The molecular weight excluding hydrogens is 330 g/mol. The number of piperidine rings is 2. The van der Waals surface area contributed by atoms with Crippen molar-refractivity contribution in [3.63, 3.8) is 0 Å². The molecule has 0 aliphatic carbocycles. The van der Waals surface area contributed by atoms with E-state index in [9.17, 15) is 9.59 Å². The molecule has 26 heavy (non-hydrogen) atoms. The highest BCUT2D eigenvalue weighted by Gasteiger charge is 2.62. The van der Waals surface area contributed by atoms with Crippen LogP contribution in [0.1, 0.15) is 25.6 Å². The van der Waals surface area contributed by atoms with Crippen LogP contribution in [0, 0.1) is 10.8 Å². The number of aromatic nitrogens is 1. The Kier molecular flexibility index (Phi) is 3.06. The van der Waals surface area contributed by atoms with Crippen molar-refractivity contribution < 1.29 is 9.53 Å². The summed E-state index contributed by atoms with van der Waals surface area (Å²) in [6.45, 7) is 7.04. The molecule has 0 saturated carbocycles. The quantitative estimate of drug-likeness (QED) is 0.891. The fourth-order valence-corrected chi connectivity index (χ4v) is 5.51. The number of nitrogens with zero attached hydrogens (tertiary/aromatic N) is 2. The number of carbonyl (C=O) groups is 1. The molecular formula is C20H23N3O3. The summed E-state index contributed by atoms with van der Waals surface area (Å²) in [6.07, 6.45) is -0.0560. The lowest BCUT2D eigenvalue weighted by molar-refractivity contribution is -0.197. The Morgan fingerprint density at radius 1 is 1.04 bits per heavy atom. The SMILES string of the molecule is COc1ccc2cc(C3N4CC5(C)CN3CC(C)(C4)C5=O)c(=O)[nH]c2c1. The third-order valence-corrected chi connectivity index (χ3v) is 6.36. The second-order valence-electron chi connectivity index (χ2n) is 8.64. The van der Waals surface area contributed by atoms with Gasteiger partial charge in [-0.2, -0.15) is 0 Å². The van der Waals surface area contributed by atoms with Gasteiger partial charge in [0.05, 0.1) is 29.6 Å². The number of methoxy groups -OCH3 is 1. The summed E-state index contributed by atoms with van der Waals surface area (Å²) < 4.78 is 5.25. The Morgan fingerprint density at radius 2 is 1.65 bits per heavy atom. The number of aromatic amines is 1. The lowest BCUT2D eigenvalue weighted by Crippen LogP contribution is -2.75. The molecule has 4 bridgehead atoms. The molecule has 6 heteroatoms. The molecule has 0 unspecified atom stereocenters. The first-order valence-corrected chi connectivity index (χ1v) is 9.07. The third kappa shape index (κ3) is 2.00. The van der Waals surface area contributed by atoms with E-state index >= 15 is 0 Å². The molecule has 1 aromatic heterocycles. The van der Waals surface area contributed by atoms with E-state index in [1.54, 1.807) is 7.11 Å². The Bertz CT molecular complexity index is 955. The first-order chi connectivity index (χ1) is 12.3. The monoisotopic (exact) mass is 353 g/mol. The van der Waals surface area contributed by atoms with Crippen molar-refractivity contribution in [3.8, 4) is 5.75 Å². The number of nitrogens with one attached hydrogen (secondary N) is 1. The van der Waals surface area contributed by atoms with Crippen LogP contribution < -0.4 is 10.3 Å². The summed E-state index contributed by atoms with van der Waals surface area (Å²) in [5, 5.41) is 0.991. The van der Waals surface area contributed by atoms with Gasteiger partial charge in [-0.25, -0.2) is 0 Å². The first kappa shape index (κ1) is 16.0. The van der Waals surface area contributed by atoms with Gasteiger partial charge in [0.15, 0.2) is 0 Å². The van der Waals surface area contributed by atoms with E-state index in [0.717, 1.165) is 48.4 Å². The predicted molar refractivity (Wildman–Crippen MR) is 98.2 cm³/mol. The third-order valence-electron chi connectivity index (χ3n) is 6.36. The number of pyridine rings is 1. The molecule has 2 aromatic rings. The molecule has 1 aromatic carbocycles. The molecule has 4 aliphatic rings. The molecule has 0 amide bonds. The second kappa shape index (κ2) is 4.96. The standard InChI is InChI=1S/C20H23N3O3/c1-19-8-22-10-20(2,18(19)25)11-23(9-19)17(22)14-6-12-4-5-13(26-3)7-15(12)21-16(14)24/h4-7,17H,8-11H2,1-3H3,(H,21,24). The summed E-state index contributed by atoms with van der Waals surface area (Å²) in [6, 6.07) is 7.72. The van der Waals surface area contributed by atoms with Gasteiger partial charge in [-0.1, -0.05) is 13.8 Å². The highest BCUT2D eigenvalue weighted by molar-refractivity contribution is 5.92. The molecule has 0 radical (unpaired) electrons. The van der Waals surface area contributed by atoms with Crippen LogP contribution in [0.25, 0.3) is 10.9 Å². The minimum atomic E-state index is -0.321. The molecule has 4 aliphatic heterocycles. The lowest BCUT2D eigenvalue weighted by atomic mass is 9.62. The van der Waals surface area contributed by atoms with E-state index in [1.165, 1.54) is 0 Å². The van der Waals surface area contributed by atoms with Gasteiger partial charge in [0.1, 0.15) is 11.5 Å². The highest BCUT2D eigenvalue weighted by atomic mass is 16.5. The van der Waals surface area contributed by atoms with Crippen LogP contribution in [0.4, 0.5) is 0 Å². The van der Waals surface area contributed by atoms with E-state index in [-0.39, 0.29) is 22.6 Å². The Balaban J connectivity index is 1.60. The van der Waals surface area contributed by atoms with Gasteiger partial charge in [0.2, 0.25) is 0 Å². The van der Waals surface area contributed by atoms with Crippen LogP contribution in [0.2, 0.25) is 0 Å². The molecule has 5 heterocycles. The van der Waals surface area contributed by atoms with Gasteiger partial charge in [0.25, 0.3) is 5.56 Å². The largest absolute Gasteiger partial charge is 0.497 e. The fraction of sp³-hybridized carbons (Fsp3) is 0.500. The Hall–Kier alpha value is -2.18. The Labute approximate surface area is 151 Å². The average molecular weight is 353 g/mol. The number of carbonyl (C=O) groups excluding carboxylic acids is 1. The molecule has 0 spiro atoms. The van der Waals surface area contributed by atoms with Crippen LogP contribution in [0.5, 0.6) is 5.75 Å². The summed E-state index contributed by atoms with van der Waals surface area (Å²) in [5.41, 5.74) is 0.837. The maximum absolute atomic E-state index is 12.9. The summed E-state index contributed by atoms with van der Waals surface area (Å²) in [5.74, 6) is 1.11. The number of benzene rings is 1. The summed E-state index contributed by atoms with van der Waals surface area (Å²) in [4.78, 5) is 33.3. The molecule has 4 fully saturated rings. The maximum atomic E-state index is 12.9. The van der Waals surface area contributed by atoms with Crippen molar-refractivity contribution in [2.24, 2.45) is 10.8 Å². The van der Waals surface area contributed by atoms with Crippen LogP contribution in [0.15, 0.2) is 29.1 Å². The molecule has 6 nitrogen and oxygen atoms in total. The molecule has 4 saturated heterocycles. The van der Waals surface area contributed by atoms with Crippen molar-refractivity contribution in [3.05, 3.63) is 40.2 Å². The number of ether oxygens (including phenoxy) is 1. The number of rotatable bonds is 2. The van der Waals surface area contributed by atoms with Crippen LogP contribution in [0.3, 0.4) is 0 Å². The molecule has 0 atom stereocenters.